The van der Waals surface area contributed by atoms with Crippen molar-refractivity contribution in [1.82, 2.24) is 4.72 Å². The van der Waals surface area contributed by atoms with E-state index in [1.807, 2.05) is 43.3 Å². The Bertz CT molecular complexity index is 825. The van der Waals surface area contributed by atoms with E-state index < -0.39 is 10.0 Å². The maximum Gasteiger partial charge on any atom is 0.241 e. The van der Waals surface area contributed by atoms with E-state index in [9.17, 15) is 8.42 Å². The van der Waals surface area contributed by atoms with Gasteiger partial charge in [0.1, 0.15) is 0 Å². The predicted octanol–water partition coefficient (Wildman–Crippen LogP) is 4.15. The van der Waals surface area contributed by atoms with E-state index in [2.05, 4.69) is 17.4 Å². The van der Waals surface area contributed by atoms with Crippen molar-refractivity contribution >= 4 is 10.0 Å². The molecule has 1 N–H and O–H groups in total. The summed E-state index contributed by atoms with van der Waals surface area (Å²) in [4.78, 5) is 0.313. The topological polar surface area (TPSA) is 46.2 Å². The zero-order chi connectivity index (χ0) is 17.2. The van der Waals surface area contributed by atoms with Gasteiger partial charge in [0.05, 0.1) is 10.9 Å². The van der Waals surface area contributed by atoms with Crippen LogP contribution in [0.15, 0.2) is 66.1 Å². The van der Waals surface area contributed by atoms with E-state index in [1.165, 1.54) is 5.56 Å². The first-order valence-electron chi connectivity index (χ1n) is 8.29. The maximum atomic E-state index is 12.8. The summed E-state index contributed by atoms with van der Waals surface area (Å²) in [5.74, 6) is 0.234. The normalized spacial score (nSPS) is 20.4. The molecule has 0 saturated heterocycles. The second kappa shape index (κ2) is 6.91. The zero-order valence-electron chi connectivity index (χ0n) is 13.9. The van der Waals surface area contributed by atoms with Gasteiger partial charge in [-0.3, -0.25) is 0 Å². The highest BCUT2D eigenvalue weighted by Crippen LogP contribution is 2.37. The molecule has 2 aromatic rings. The maximum absolute atomic E-state index is 12.8. The molecule has 0 saturated carbocycles. The molecule has 1 aliphatic carbocycles. The van der Waals surface area contributed by atoms with Crippen LogP contribution in [0.1, 0.15) is 35.6 Å². The molecule has 4 heteroatoms. The summed E-state index contributed by atoms with van der Waals surface area (Å²) < 4.78 is 28.6. The van der Waals surface area contributed by atoms with Crippen LogP contribution in [0.2, 0.25) is 0 Å². The van der Waals surface area contributed by atoms with Crippen LogP contribution >= 0.6 is 0 Å². The molecule has 0 heterocycles. The van der Waals surface area contributed by atoms with Crippen molar-refractivity contribution in [3.63, 3.8) is 0 Å². The number of sulfonamides is 1. The smallest absolute Gasteiger partial charge is 0.207 e. The van der Waals surface area contributed by atoms with Crippen molar-refractivity contribution in [3.8, 4) is 0 Å². The van der Waals surface area contributed by atoms with Crippen LogP contribution in [-0.2, 0) is 16.4 Å². The minimum Gasteiger partial charge on any atom is -0.207 e. The molecule has 0 fully saturated rings. The monoisotopic (exact) mass is 341 g/mol. The molecule has 0 aliphatic heterocycles. The third-order valence-electron chi connectivity index (χ3n) is 4.73. The molecule has 2 atom stereocenters. The van der Waals surface area contributed by atoms with Gasteiger partial charge in [-0.1, -0.05) is 48.0 Å². The van der Waals surface area contributed by atoms with Gasteiger partial charge in [0, 0.05) is 0 Å². The fourth-order valence-electron chi connectivity index (χ4n) is 3.41. The number of aryl methyl sites for hydroxylation is 2. The number of nitrogens with one attached hydrogen (secondary N) is 1. The Hall–Kier alpha value is -1.91. The van der Waals surface area contributed by atoms with Gasteiger partial charge in [-0.05, 0) is 55.4 Å². The molecule has 0 unspecified atom stereocenters. The molecule has 1 aliphatic rings. The van der Waals surface area contributed by atoms with Crippen LogP contribution in [-0.4, -0.2) is 8.42 Å². The summed E-state index contributed by atoms with van der Waals surface area (Å²) in [6.07, 6.45) is 4.63. The van der Waals surface area contributed by atoms with Crippen LogP contribution in [0.4, 0.5) is 0 Å². The molecule has 24 heavy (non-hydrogen) atoms. The molecule has 0 spiro atoms. The highest BCUT2D eigenvalue weighted by molar-refractivity contribution is 7.89. The van der Waals surface area contributed by atoms with Crippen LogP contribution in [0.25, 0.3) is 0 Å². The van der Waals surface area contributed by atoms with Gasteiger partial charge in [-0.15, -0.1) is 6.58 Å². The molecule has 126 valence electrons. The Morgan fingerprint density at radius 1 is 1.17 bits per heavy atom. The molecule has 0 bridgehead atoms. The lowest BCUT2D eigenvalue weighted by Gasteiger charge is -2.33. The molecule has 0 radical (unpaired) electrons. The molecule has 3 nitrogen and oxygen atoms in total. The van der Waals surface area contributed by atoms with Crippen LogP contribution in [0.3, 0.4) is 0 Å². The Morgan fingerprint density at radius 2 is 1.88 bits per heavy atom. The lowest BCUT2D eigenvalue weighted by molar-refractivity contribution is 0.357. The number of hydrogen-bond donors (Lipinski definition) is 1. The molecule has 3 rings (SSSR count). The van der Waals surface area contributed by atoms with Gasteiger partial charge in [0.2, 0.25) is 10.0 Å². The van der Waals surface area contributed by atoms with Crippen LogP contribution < -0.4 is 4.72 Å². The Balaban J connectivity index is 1.95. The Labute approximate surface area is 144 Å². The van der Waals surface area contributed by atoms with E-state index in [0.717, 1.165) is 30.4 Å². The zero-order valence-corrected chi connectivity index (χ0v) is 14.7. The second-order valence-corrected chi connectivity index (χ2v) is 8.15. The van der Waals surface area contributed by atoms with Gasteiger partial charge in [0.25, 0.3) is 0 Å². The van der Waals surface area contributed by atoms with Crippen LogP contribution in [0, 0.1) is 12.8 Å². The quantitative estimate of drug-likeness (QED) is 0.830. The largest absolute Gasteiger partial charge is 0.241 e. The van der Waals surface area contributed by atoms with Crippen molar-refractivity contribution in [3.05, 3.63) is 77.9 Å². The molecule has 2 aromatic carbocycles. The summed E-state index contributed by atoms with van der Waals surface area (Å²) >= 11 is 0. The number of allylic oxidation sites excluding steroid dienone is 1. The van der Waals surface area contributed by atoms with Crippen molar-refractivity contribution in [1.29, 1.82) is 0 Å². The third kappa shape index (κ3) is 3.45. The van der Waals surface area contributed by atoms with E-state index in [-0.39, 0.29) is 12.0 Å². The number of benzene rings is 2. The van der Waals surface area contributed by atoms with Crippen molar-refractivity contribution in [2.45, 2.75) is 37.1 Å². The van der Waals surface area contributed by atoms with Gasteiger partial charge in [-0.25, -0.2) is 13.1 Å². The van der Waals surface area contributed by atoms with Gasteiger partial charge < -0.3 is 0 Å². The highest BCUT2D eigenvalue weighted by atomic mass is 32.2. The predicted molar refractivity (Wildman–Crippen MR) is 97.3 cm³/mol. The molecule has 0 amide bonds. The summed E-state index contributed by atoms with van der Waals surface area (Å²) in [5.41, 5.74) is 3.36. The van der Waals surface area contributed by atoms with E-state index in [1.54, 1.807) is 12.1 Å². The fourth-order valence-corrected chi connectivity index (χ4v) is 4.69. The lowest BCUT2D eigenvalue weighted by Crippen LogP contribution is -2.36. The van der Waals surface area contributed by atoms with Gasteiger partial charge >= 0.3 is 0 Å². The molecular formula is C20H23NO2S. The first kappa shape index (κ1) is 16.9. The summed E-state index contributed by atoms with van der Waals surface area (Å²) in [6, 6.07) is 14.9. The van der Waals surface area contributed by atoms with E-state index >= 15 is 0 Å². The Kier molecular flexibility index (Phi) is 4.88. The lowest BCUT2D eigenvalue weighted by atomic mass is 9.79. The number of rotatable bonds is 5. The minimum absolute atomic E-state index is 0.209. The first-order valence-corrected chi connectivity index (χ1v) is 9.77. The summed E-state index contributed by atoms with van der Waals surface area (Å²) in [7, 11) is -3.55. The first-order chi connectivity index (χ1) is 11.5. The van der Waals surface area contributed by atoms with Crippen molar-refractivity contribution in [2.24, 2.45) is 5.92 Å². The average molecular weight is 341 g/mol. The van der Waals surface area contributed by atoms with Crippen LogP contribution in [0.5, 0.6) is 0 Å². The van der Waals surface area contributed by atoms with E-state index in [4.69, 9.17) is 0 Å². The average Bonchev–Trinajstić information content (AvgIpc) is 2.57. The fraction of sp³-hybridized carbons (Fsp3) is 0.300. The van der Waals surface area contributed by atoms with Crippen molar-refractivity contribution in [2.75, 3.05) is 0 Å². The second-order valence-electron chi connectivity index (χ2n) is 6.43. The summed E-state index contributed by atoms with van der Waals surface area (Å²) in [6.45, 7) is 5.78. The molecular weight excluding hydrogens is 318 g/mol. The Morgan fingerprint density at radius 3 is 2.58 bits per heavy atom. The van der Waals surface area contributed by atoms with Gasteiger partial charge in [-0.2, -0.15) is 0 Å². The summed E-state index contributed by atoms with van der Waals surface area (Å²) in [5, 5.41) is 0. The van der Waals surface area contributed by atoms with E-state index in [0.29, 0.717) is 4.90 Å². The van der Waals surface area contributed by atoms with Gasteiger partial charge in [0.15, 0.2) is 0 Å². The standard InChI is InChI=1S/C20H23NO2S/c1-3-6-17-12-11-16-7-4-5-8-19(16)20(17)21-24(22,23)18-13-9-15(2)10-14-18/h3-5,7-10,13-14,17,20-21H,1,6,11-12H2,2H3/t17-,20-/m0/s1. The number of hydrogen-bond acceptors (Lipinski definition) is 2. The number of fused-ring (bicyclic) bond motifs is 1. The molecule has 0 aromatic heterocycles. The SMILES string of the molecule is C=CC[C@H]1CCc2ccccc2[C@H]1NS(=O)(=O)c1ccc(C)cc1. The highest BCUT2D eigenvalue weighted by Gasteiger charge is 2.32. The van der Waals surface area contributed by atoms with Crippen molar-refractivity contribution < 1.29 is 8.42 Å². The third-order valence-corrected chi connectivity index (χ3v) is 6.19. The minimum atomic E-state index is -3.55.